The Kier molecular flexibility index (Phi) is 5.76. The van der Waals surface area contributed by atoms with Crippen molar-refractivity contribution in [2.45, 2.75) is 12.6 Å². The van der Waals surface area contributed by atoms with Gasteiger partial charge in [-0.2, -0.15) is 0 Å². The van der Waals surface area contributed by atoms with Crippen LogP contribution in [0.2, 0.25) is 5.02 Å². The van der Waals surface area contributed by atoms with Crippen LogP contribution < -0.4 is 5.73 Å². The summed E-state index contributed by atoms with van der Waals surface area (Å²) < 4.78 is 14.2. The van der Waals surface area contributed by atoms with Gasteiger partial charge in [0.2, 0.25) is 0 Å². The predicted octanol–water partition coefficient (Wildman–Crippen LogP) is 4.37. The number of rotatable bonds is 5. The van der Waals surface area contributed by atoms with Gasteiger partial charge >= 0.3 is 0 Å². The van der Waals surface area contributed by atoms with Crippen LogP contribution in [-0.2, 0) is 6.54 Å². The summed E-state index contributed by atoms with van der Waals surface area (Å²) in [5.74, 6) is -0.272. The topological polar surface area (TPSA) is 29.3 Å². The maximum absolute atomic E-state index is 13.7. The molecule has 0 saturated carbocycles. The van der Waals surface area contributed by atoms with E-state index in [0.29, 0.717) is 16.0 Å². The average Bonchev–Trinajstić information content (AvgIpc) is 2.46. The lowest BCUT2D eigenvalue weighted by Crippen LogP contribution is -2.30. The van der Waals surface area contributed by atoms with Crippen LogP contribution in [-0.4, -0.2) is 18.5 Å². The van der Waals surface area contributed by atoms with Crippen LogP contribution in [0, 0.1) is 5.82 Å². The van der Waals surface area contributed by atoms with Crippen molar-refractivity contribution in [2.24, 2.45) is 5.73 Å². The quantitative estimate of drug-likeness (QED) is 0.845. The maximum Gasteiger partial charge on any atom is 0.137 e. The fourth-order valence-corrected chi connectivity index (χ4v) is 2.65. The fourth-order valence-electron chi connectivity index (χ4n) is 2.28. The number of benzene rings is 2. The van der Waals surface area contributed by atoms with Crippen LogP contribution in [0.5, 0.6) is 0 Å². The molecule has 2 rings (SSSR count). The van der Waals surface area contributed by atoms with Gasteiger partial charge in [-0.1, -0.05) is 29.8 Å². The monoisotopic (exact) mass is 370 g/mol. The minimum absolute atomic E-state index is 0.0386. The molecule has 0 aliphatic carbocycles. The highest BCUT2D eigenvalue weighted by atomic mass is 79.9. The Morgan fingerprint density at radius 3 is 2.48 bits per heavy atom. The summed E-state index contributed by atoms with van der Waals surface area (Å²) in [4.78, 5) is 2.10. The van der Waals surface area contributed by atoms with Gasteiger partial charge in [0, 0.05) is 24.2 Å². The third kappa shape index (κ3) is 4.27. The first kappa shape index (κ1) is 16.4. The Balaban J connectivity index is 2.15. The SMILES string of the molecule is CN(Cc1ccc(Cl)cc1)C(CN)c1ccc(Br)c(F)c1. The molecule has 1 unspecified atom stereocenters. The molecular formula is C16H17BrClFN2. The molecule has 0 aliphatic heterocycles. The molecule has 2 N–H and O–H groups in total. The summed E-state index contributed by atoms with van der Waals surface area (Å²) in [6.45, 7) is 1.14. The smallest absolute Gasteiger partial charge is 0.137 e. The van der Waals surface area contributed by atoms with Gasteiger partial charge in [-0.05, 0) is 58.4 Å². The lowest BCUT2D eigenvalue weighted by Gasteiger charge is -2.27. The minimum Gasteiger partial charge on any atom is -0.329 e. The number of halogens is 3. The van der Waals surface area contributed by atoms with Gasteiger partial charge in [0.25, 0.3) is 0 Å². The molecular weight excluding hydrogens is 355 g/mol. The van der Waals surface area contributed by atoms with Gasteiger partial charge < -0.3 is 5.73 Å². The fraction of sp³-hybridized carbons (Fsp3) is 0.250. The standard InChI is InChI=1S/C16H17BrClFN2/c1-21(10-11-2-5-13(18)6-3-11)16(9-20)12-4-7-14(17)15(19)8-12/h2-8,16H,9-10,20H2,1H3. The molecule has 0 aromatic heterocycles. The van der Waals surface area contributed by atoms with Gasteiger partial charge in [0.05, 0.1) is 4.47 Å². The van der Waals surface area contributed by atoms with E-state index < -0.39 is 0 Å². The van der Waals surface area contributed by atoms with Crippen LogP contribution in [0.25, 0.3) is 0 Å². The van der Waals surface area contributed by atoms with Crippen molar-refractivity contribution in [3.8, 4) is 0 Å². The van der Waals surface area contributed by atoms with Crippen LogP contribution in [0.3, 0.4) is 0 Å². The first-order valence-corrected chi connectivity index (χ1v) is 7.78. The first-order chi connectivity index (χ1) is 10.0. The van der Waals surface area contributed by atoms with E-state index in [0.717, 1.165) is 17.7 Å². The highest BCUT2D eigenvalue weighted by molar-refractivity contribution is 9.10. The van der Waals surface area contributed by atoms with Crippen LogP contribution in [0.4, 0.5) is 4.39 Å². The van der Waals surface area contributed by atoms with E-state index in [9.17, 15) is 4.39 Å². The highest BCUT2D eigenvalue weighted by Gasteiger charge is 2.17. The maximum atomic E-state index is 13.7. The summed E-state index contributed by atoms with van der Waals surface area (Å²) >= 11 is 9.05. The van der Waals surface area contributed by atoms with Crippen molar-refractivity contribution in [2.75, 3.05) is 13.6 Å². The molecule has 2 nitrogen and oxygen atoms in total. The van der Waals surface area contributed by atoms with E-state index in [-0.39, 0.29) is 11.9 Å². The van der Waals surface area contributed by atoms with Crippen molar-refractivity contribution in [3.05, 3.63) is 68.9 Å². The number of hydrogen-bond donors (Lipinski definition) is 1. The molecule has 112 valence electrons. The molecule has 0 heterocycles. The zero-order chi connectivity index (χ0) is 15.4. The second-order valence-corrected chi connectivity index (χ2v) is 6.26. The van der Waals surface area contributed by atoms with Crippen molar-refractivity contribution in [1.29, 1.82) is 0 Å². The third-order valence-corrected chi connectivity index (χ3v) is 4.32. The lowest BCUT2D eigenvalue weighted by atomic mass is 10.0. The van der Waals surface area contributed by atoms with E-state index in [4.69, 9.17) is 17.3 Å². The molecule has 0 aliphatic rings. The summed E-state index contributed by atoms with van der Waals surface area (Å²) in [7, 11) is 1.98. The van der Waals surface area contributed by atoms with Gasteiger partial charge in [0.1, 0.15) is 5.82 Å². The number of nitrogens with zero attached hydrogens (tertiary/aromatic N) is 1. The Bertz CT molecular complexity index is 604. The Morgan fingerprint density at radius 1 is 1.24 bits per heavy atom. The van der Waals surface area contributed by atoms with Crippen LogP contribution >= 0.6 is 27.5 Å². The molecule has 0 spiro atoms. The molecule has 0 fully saturated rings. The molecule has 0 saturated heterocycles. The zero-order valence-electron chi connectivity index (χ0n) is 11.7. The van der Waals surface area contributed by atoms with Crippen molar-refractivity contribution >= 4 is 27.5 Å². The van der Waals surface area contributed by atoms with E-state index in [2.05, 4.69) is 20.8 Å². The molecule has 2 aromatic rings. The number of nitrogens with two attached hydrogens (primary N) is 1. The van der Waals surface area contributed by atoms with Crippen molar-refractivity contribution in [1.82, 2.24) is 4.90 Å². The second-order valence-electron chi connectivity index (χ2n) is 4.97. The van der Waals surface area contributed by atoms with Crippen molar-refractivity contribution < 1.29 is 4.39 Å². The summed E-state index contributed by atoms with van der Waals surface area (Å²) in [6.07, 6.45) is 0. The largest absolute Gasteiger partial charge is 0.329 e. The highest BCUT2D eigenvalue weighted by Crippen LogP contribution is 2.25. The Morgan fingerprint density at radius 2 is 1.90 bits per heavy atom. The van der Waals surface area contributed by atoms with E-state index in [1.807, 2.05) is 37.4 Å². The summed E-state index contributed by atoms with van der Waals surface area (Å²) in [6, 6.07) is 12.8. The number of likely N-dealkylation sites (N-methyl/N-ethyl adjacent to an activating group) is 1. The Labute approximate surface area is 137 Å². The summed E-state index contributed by atoms with van der Waals surface area (Å²) in [5, 5.41) is 0.715. The zero-order valence-corrected chi connectivity index (χ0v) is 14.0. The van der Waals surface area contributed by atoms with Gasteiger partial charge in [-0.3, -0.25) is 4.90 Å². The van der Waals surface area contributed by atoms with Crippen molar-refractivity contribution in [3.63, 3.8) is 0 Å². The Hall–Kier alpha value is -0.940. The van der Waals surface area contributed by atoms with Gasteiger partial charge in [-0.15, -0.1) is 0 Å². The predicted molar refractivity (Wildman–Crippen MR) is 88.8 cm³/mol. The van der Waals surface area contributed by atoms with E-state index in [1.54, 1.807) is 6.07 Å². The number of hydrogen-bond acceptors (Lipinski definition) is 2. The van der Waals surface area contributed by atoms with Gasteiger partial charge in [0.15, 0.2) is 0 Å². The molecule has 21 heavy (non-hydrogen) atoms. The third-order valence-electron chi connectivity index (χ3n) is 3.43. The normalized spacial score (nSPS) is 12.7. The van der Waals surface area contributed by atoms with Crippen LogP contribution in [0.15, 0.2) is 46.9 Å². The average molecular weight is 372 g/mol. The minimum atomic E-state index is -0.272. The molecule has 1 atom stereocenters. The molecule has 0 bridgehead atoms. The molecule has 0 amide bonds. The summed E-state index contributed by atoms with van der Waals surface area (Å²) in [5.41, 5.74) is 7.88. The van der Waals surface area contributed by atoms with E-state index >= 15 is 0 Å². The first-order valence-electron chi connectivity index (χ1n) is 6.61. The molecule has 0 radical (unpaired) electrons. The lowest BCUT2D eigenvalue weighted by molar-refractivity contribution is 0.241. The van der Waals surface area contributed by atoms with E-state index in [1.165, 1.54) is 6.07 Å². The molecule has 2 aromatic carbocycles. The van der Waals surface area contributed by atoms with Crippen LogP contribution in [0.1, 0.15) is 17.2 Å². The molecule has 5 heteroatoms. The van der Waals surface area contributed by atoms with Gasteiger partial charge in [-0.25, -0.2) is 4.39 Å². The second kappa shape index (κ2) is 7.36.